The SMILES string of the molecule is O=C(C[C@@H]1N[C@H]2CCCC[C@@H]2NC1=O)NCCc1ccccc1. The van der Waals surface area contributed by atoms with Gasteiger partial charge in [0.05, 0.1) is 12.5 Å². The van der Waals surface area contributed by atoms with Gasteiger partial charge in [0.1, 0.15) is 0 Å². The van der Waals surface area contributed by atoms with Crippen LogP contribution in [0.1, 0.15) is 37.7 Å². The zero-order valence-electron chi connectivity index (χ0n) is 13.4. The number of hydrogen-bond donors (Lipinski definition) is 3. The smallest absolute Gasteiger partial charge is 0.237 e. The van der Waals surface area contributed by atoms with Gasteiger partial charge in [-0.15, -0.1) is 0 Å². The molecular formula is C18H25N3O2. The molecule has 1 saturated heterocycles. The summed E-state index contributed by atoms with van der Waals surface area (Å²) in [5.74, 6) is -0.103. The first-order chi connectivity index (χ1) is 11.2. The molecule has 0 aromatic heterocycles. The Bertz CT molecular complexity index is 546. The van der Waals surface area contributed by atoms with Gasteiger partial charge in [-0.1, -0.05) is 43.2 Å². The first-order valence-corrected chi connectivity index (χ1v) is 8.59. The highest BCUT2D eigenvalue weighted by atomic mass is 16.2. The van der Waals surface area contributed by atoms with Crippen LogP contribution in [-0.2, 0) is 16.0 Å². The largest absolute Gasteiger partial charge is 0.356 e. The second kappa shape index (κ2) is 7.59. The van der Waals surface area contributed by atoms with Crippen LogP contribution >= 0.6 is 0 Å². The maximum Gasteiger partial charge on any atom is 0.237 e. The molecule has 0 bridgehead atoms. The van der Waals surface area contributed by atoms with Crippen LogP contribution in [0.5, 0.6) is 0 Å². The third kappa shape index (κ3) is 4.32. The standard InChI is InChI=1S/C18H25N3O2/c22-17(19-11-10-13-6-2-1-3-7-13)12-16-18(23)21-15-9-5-4-8-14(15)20-16/h1-3,6-7,14-16,20H,4-5,8-12H2,(H,19,22)(H,21,23)/t14-,15-,16-/m0/s1. The topological polar surface area (TPSA) is 70.2 Å². The monoisotopic (exact) mass is 315 g/mol. The lowest BCUT2D eigenvalue weighted by molar-refractivity contribution is -0.131. The third-order valence-electron chi connectivity index (χ3n) is 4.79. The summed E-state index contributed by atoms with van der Waals surface area (Å²) in [6.07, 6.45) is 5.51. The zero-order valence-corrected chi connectivity index (χ0v) is 13.4. The molecule has 3 atom stereocenters. The van der Waals surface area contributed by atoms with Crippen molar-refractivity contribution in [2.24, 2.45) is 0 Å². The highest BCUT2D eigenvalue weighted by Crippen LogP contribution is 2.22. The molecule has 5 nitrogen and oxygen atoms in total. The lowest BCUT2D eigenvalue weighted by Gasteiger charge is -2.40. The van der Waals surface area contributed by atoms with Crippen molar-refractivity contribution in [1.82, 2.24) is 16.0 Å². The lowest BCUT2D eigenvalue weighted by atomic mass is 9.87. The third-order valence-corrected chi connectivity index (χ3v) is 4.79. The number of nitrogens with one attached hydrogen (secondary N) is 3. The molecule has 0 radical (unpaired) electrons. The molecule has 1 saturated carbocycles. The molecule has 3 N–H and O–H groups in total. The van der Waals surface area contributed by atoms with Crippen molar-refractivity contribution in [3.05, 3.63) is 35.9 Å². The van der Waals surface area contributed by atoms with Crippen LogP contribution in [-0.4, -0.2) is 36.5 Å². The molecule has 0 unspecified atom stereocenters. The van der Waals surface area contributed by atoms with Crippen molar-refractivity contribution >= 4 is 11.8 Å². The zero-order chi connectivity index (χ0) is 16.1. The second-order valence-electron chi connectivity index (χ2n) is 6.51. The molecule has 1 aliphatic heterocycles. The number of benzene rings is 1. The summed E-state index contributed by atoms with van der Waals surface area (Å²) in [4.78, 5) is 24.2. The van der Waals surface area contributed by atoms with E-state index in [1.54, 1.807) is 0 Å². The number of hydrogen-bond acceptors (Lipinski definition) is 3. The maximum atomic E-state index is 12.1. The minimum atomic E-state index is -0.397. The van der Waals surface area contributed by atoms with E-state index in [0.717, 1.165) is 19.3 Å². The van der Waals surface area contributed by atoms with Crippen molar-refractivity contribution in [2.45, 2.75) is 56.7 Å². The summed E-state index contributed by atoms with van der Waals surface area (Å²) < 4.78 is 0. The molecule has 1 heterocycles. The highest BCUT2D eigenvalue weighted by molar-refractivity contribution is 5.89. The number of fused-ring (bicyclic) bond motifs is 1. The van der Waals surface area contributed by atoms with Crippen LogP contribution in [0.4, 0.5) is 0 Å². The van der Waals surface area contributed by atoms with Gasteiger partial charge in [0.25, 0.3) is 0 Å². The minimum Gasteiger partial charge on any atom is -0.356 e. The molecule has 5 heteroatoms. The summed E-state index contributed by atoms with van der Waals surface area (Å²) in [6.45, 7) is 0.600. The van der Waals surface area contributed by atoms with E-state index in [9.17, 15) is 9.59 Å². The highest BCUT2D eigenvalue weighted by Gasteiger charge is 2.36. The fourth-order valence-corrected chi connectivity index (χ4v) is 3.52. The lowest BCUT2D eigenvalue weighted by Crippen LogP contribution is -2.65. The minimum absolute atomic E-state index is 0.0358. The number of piperazine rings is 1. The summed E-state index contributed by atoms with van der Waals surface area (Å²) in [5, 5.41) is 9.36. The van der Waals surface area contributed by atoms with E-state index in [4.69, 9.17) is 0 Å². The van der Waals surface area contributed by atoms with Crippen LogP contribution < -0.4 is 16.0 Å². The van der Waals surface area contributed by atoms with E-state index in [2.05, 4.69) is 16.0 Å². The van der Waals surface area contributed by atoms with Crippen molar-refractivity contribution in [1.29, 1.82) is 0 Å². The Morgan fingerprint density at radius 3 is 2.65 bits per heavy atom. The Labute approximate surface area is 137 Å². The Balaban J connectivity index is 1.43. The van der Waals surface area contributed by atoms with Gasteiger partial charge in [0, 0.05) is 18.6 Å². The Hall–Kier alpha value is -1.88. The van der Waals surface area contributed by atoms with Gasteiger partial charge in [0.2, 0.25) is 11.8 Å². The van der Waals surface area contributed by atoms with E-state index >= 15 is 0 Å². The van der Waals surface area contributed by atoms with Gasteiger partial charge in [0.15, 0.2) is 0 Å². The van der Waals surface area contributed by atoms with Crippen molar-refractivity contribution in [3.63, 3.8) is 0 Å². The van der Waals surface area contributed by atoms with Crippen LogP contribution in [0.15, 0.2) is 30.3 Å². The maximum absolute atomic E-state index is 12.1. The van der Waals surface area contributed by atoms with E-state index in [1.807, 2.05) is 30.3 Å². The average Bonchev–Trinajstić information content (AvgIpc) is 2.56. The summed E-state index contributed by atoms with van der Waals surface area (Å²) >= 11 is 0. The summed E-state index contributed by atoms with van der Waals surface area (Å²) in [7, 11) is 0. The Morgan fingerprint density at radius 2 is 1.87 bits per heavy atom. The van der Waals surface area contributed by atoms with Gasteiger partial charge in [-0.25, -0.2) is 0 Å². The van der Waals surface area contributed by atoms with Crippen molar-refractivity contribution in [3.8, 4) is 0 Å². The molecule has 1 aromatic rings. The van der Waals surface area contributed by atoms with E-state index in [1.165, 1.54) is 18.4 Å². The quantitative estimate of drug-likeness (QED) is 0.763. The normalized spacial score (nSPS) is 27.0. The van der Waals surface area contributed by atoms with Crippen LogP contribution in [0.3, 0.4) is 0 Å². The van der Waals surface area contributed by atoms with Crippen LogP contribution in [0.2, 0.25) is 0 Å². The number of amides is 2. The molecule has 0 spiro atoms. The van der Waals surface area contributed by atoms with E-state index < -0.39 is 6.04 Å². The van der Waals surface area contributed by atoms with Gasteiger partial charge in [-0.05, 0) is 24.8 Å². The van der Waals surface area contributed by atoms with Crippen LogP contribution in [0.25, 0.3) is 0 Å². The first-order valence-electron chi connectivity index (χ1n) is 8.59. The van der Waals surface area contributed by atoms with E-state index in [0.29, 0.717) is 12.6 Å². The molecule has 124 valence electrons. The predicted molar refractivity (Wildman–Crippen MR) is 88.9 cm³/mol. The molecule has 2 amide bonds. The fourth-order valence-electron chi connectivity index (χ4n) is 3.52. The van der Waals surface area contributed by atoms with Gasteiger partial charge in [-0.2, -0.15) is 0 Å². The number of carbonyl (C=O) groups is 2. The predicted octanol–water partition coefficient (Wildman–Crippen LogP) is 1.13. The van der Waals surface area contributed by atoms with Gasteiger partial charge >= 0.3 is 0 Å². The fraction of sp³-hybridized carbons (Fsp3) is 0.556. The second-order valence-corrected chi connectivity index (χ2v) is 6.51. The summed E-state index contributed by atoms with van der Waals surface area (Å²) in [5.41, 5.74) is 1.20. The number of rotatable bonds is 5. The summed E-state index contributed by atoms with van der Waals surface area (Å²) in [6, 6.07) is 10.2. The molecule has 1 aliphatic carbocycles. The molecular weight excluding hydrogens is 290 g/mol. The Kier molecular flexibility index (Phi) is 5.28. The molecule has 3 rings (SSSR count). The van der Waals surface area contributed by atoms with Crippen LogP contribution in [0, 0.1) is 0 Å². The van der Waals surface area contributed by atoms with Gasteiger partial charge < -0.3 is 16.0 Å². The molecule has 1 aromatic carbocycles. The molecule has 23 heavy (non-hydrogen) atoms. The van der Waals surface area contributed by atoms with Crippen molar-refractivity contribution < 1.29 is 9.59 Å². The molecule has 2 fully saturated rings. The Morgan fingerprint density at radius 1 is 1.13 bits per heavy atom. The first kappa shape index (κ1) is 16.0. The average molecular weight is 315 g/mol. The number of carbonyl (C=O) groups excluding carboxylic acids is 2. The molecule has 2 aliphatic rings. The van der Waals surface area contributed by atoms with E-state index in [-0.39, 0.29) is 24.3 Å². The van der Waals surface area contributed by atoms with Gasteiger partial charge in [-0.3, -0.25) is 9.59 Å². The van der Waals surface area contributed by atoms with Crippen molar-refractivity contribution in [2.75, 3.05) is 6.54 Å².